The number of Topliss-reactive ketones (excluding diaryl/α,β-unsaturated/α-hetero) is 1. The predicted molar refractivity (Wildman–Crippen MR) is 61.9 cm³/mol. The fourth-order valence-electron chi connectivity index (χ4n) is 1.51. The summed E-state index contributed by atoms with van der Waals surface area (Å²) in [6.45, 7) is 11.7. The van der Waals surface area contributed by atoms with Gasteiger partial charge in [0.15, 0.2) is 5.78 Å². The molecule has 0 aromatic carbocycles. The van der Waals surface area contributed by atoms with Gasteiger partial charge < -0.3 is 0 Å². The summed E-state index contributed by atoms with van der Waals surface area (Å²) in [4.78, 5) is 15.5. The van der Waals surface area contributed by atoms with Crippen LogP contribution in [0.25, 0.3) is 0 Å². The molecule has 0 atom stereocenters. The minimum absolute atomic E-state index is 0.00442. The first-order valence-electron chi connectivity index (χ1n) is 4.87. The van der Waals surface area contributed by atoms with Gasteiger partial charge >= 0.3 is 0 Å². The number of allylic oxidation sites excluding steroid dienone is 2. The Morgan fingerprint density at radius 1 is 1.00 bits per heavy atom. The number of nitrogens with zero attached hydrogens (tertiary/aromatic N) is 1. The predicted octanol–water partition coefficient (Wildman–Crippen LogP) is 3.03. The number of ketones is 1. The number of carbonyl (C=O) groups is 1. The van der Waals surface area contributed by atoms with E-state index in [9.17, 15) is 4.79 Å². The average molecular weight is 195 g/mol. The van der Waals surface area contributed by atoms with E-state index in [4.69, 9.17) is 0 Å². The topological polar surface area (TPSA) is 29.4 Å². The molecule has 0 saturated heterocycles. The van der Waals surface area contributed by atoms with Crippen LogP contribution in [0.15, 0.2) is 16.1 Å². The van der Waals surface area contributed by atoms with Gasteiger partial charge in [0, 0.05) is 18.2 Å². The van der Waals surface area contributed by atoms with E-state index in [0.717, 1.165) is 16.9 Å². The second-order valence-corrected chi connectivity index (χ2v) is 4.63. The second-order valence-electron chi connectivity index (χ2n) is 4.63. The first kappa shape index (κ1) is 13.1. The van der Waals surface area contributed by atoms with Gasteiger partial charge in [-0.15, -0.1) is 0 Å². The maximum absolute atomic E-state index is 11.2. The van der Waals surface area contributed by atoms with E-state index in [0.29, 0.717) is 0 Å². The summed E-state index contributed by atoms with van der Waals surface area (Å²) in [6.07, 6.45) is 0. The van der Waals surface area contributed by atoms with Gasteiger partial charge in [-0.1, -0.05) is 20.8 Å². The van der Waals surface area contributed by atoms with Crippen LogP contribution >= 0.6 is 0 Å². The van der Waals surface area contributed by atoms with E-state index in [1.165, 1.54) is 0 Å². The lowest BCUT2D eigenvalue weighted by Gasteiger charge is -2.23. The van der Waals surface area contributed by atoms with Crippen molar-refractivity contribution in [3.63, 3.8) is 0 Å². The van der Waals surface area contributed by atoms with Gasteiger partial charge in [0.2, 0.25) is 0 Å². The van der Waals surface area contributed by atoms with Crippen LogP contribution in [0.4, 0.5) is 0 Å². The number of rotatable bonds is 2. The van der Waals surface area contributed by atoms with E-state index < -0.39 is 0 Å². The molecule has 0 fully saturated rings. The van der Waals surface area contributed by atoms with Crippen LogP contribution in [0.3, 0.4) is 0 Å². The summed E-state index contributed by atoms with van der Waals surface area (Å²) < 4.78 is 0. The van der Waals surface area contributed by atoms with Crippen molar-refractivity contribution in [2.45, 2.75) is 41.5 Å². The molecule has 14 heavy (non-hydrogen) atoms. The third-order valence-electron chi connectivity index (χ3n) is 2.38. The fraction of sp³-hybridized carbons (Fsp3) is 0.667. The standard InChI is InChI=1S/C12H21NO/c1-8(10(3)14)9(2)11(13-7)12(4,5)6/h1-7H3/b9-8+,13-11?. The Kier molecular flexibility index (Phi) is 4.24. The Morgan fingerprint density at radius 2 is 1.43 bits per heavy atom. The van der Waals surface area contributed by atoms with Gasteiger partial charge in [0.05, 0.1) is 0 Å². The highest BCUT2D eigenvalue weighted by Gasteiger charge is 2.21. The normalized spacial score (nSPS) is 15.2. The highest BCUT2D eigenvalue weighted by molar-refractivity contribution is 6.09. The van der Waals surface area contributed by atoms with Crippen molar-refractivity contribution in [1.29, 1.82) is 0 Å². The van der Waals surface area contributed by atoms with E-state index in [1.54, 1.807) is 14.0 Å². The summed E-state index contributed by atoms with van der Waals surface area (Å²) in [5.74, 6) is 0.118. The van der Waals surface area contributed by atoms with Crippen molar-refractivity contribution in [3.05, 3.63) is 11.1 Å². The minimum atomic E-state index is -0.00442. The summed E-state index contributed by atoms with van der Waals surface area (Å²) in [6, 6.07) is 0. The summed E-state index contributed by atoms with van der Waals surface area (Å²) in [7, 11) is 1.78. The maximum atomic E-state index is 11.2. The van der Waals surface area contributed by atoms with Crippen LogP contribution in [0.1, 0.15) is 41.5 Å². The molecular formula is C12H21NO. The smallest absolute Gasteiger partial charge is 0.155 e. The zero-order chi connectivity index (χ0) is 11.5. The lowest BCUT2D eigenvalue weighted by molar-refractivity contribution is -0.113. The lowest BCUT2D eigenvalue weighted by atomic mass is 9.84. The number of carbonyl (C=O) groups excluding carboxylic acids is 1. The Bertz CT molecular complexity index is 290. The molecule has 0 rings (SSSR count). The second kappa shape index (κ2) is 4.54. The summed E-state index contributed by atoms with van der Waals surface area (Å²) in [5.41, 5.74) is 2.81. The van der Waals surface area contributed by atoms with Crippen LogP contribution in [0, 0.1) is 5.41 Å². The maximum Gasteiger partial charge on any atom is 0.155 e. The van der Waals surface area contributed by atoms with Gasteiger partial charge in [-0.05, 0) is 31.9 Å². The number of hydrogen-bond donors (Lipinski definition) is 0. The molecule has 0 aliphatic carbocycles. The lowest BCUT2D eigenvalue weighted by Crippen LogP contribution is -2.23. The molecule has 0 heterocycles. The van der Waals surface area contributed by atoms with Crippen molar-refractivity contribution in [2.24, 2.45) is 10.4 Å². The van der Waals surface area contributed by atoms with Gasteiger partial charge in [-0.2, -0.15) is 0 Å². The molecule has 0 aliphatic heterocycles. The van der Waals surface area contributed by atoms with Crippen LogP contribution in [0.5, 0.6) is 0 Å². The zero-order valence-corrected chi connectivity index (χ0v) is 10.4. The zero-order valence-electron chi connectivity index (χ0n) is 10.4. The minimum Gasteiger partial charge on any atom is -0.295 e. The molecule has 0 aliphatic rings. The molecule has 0 amide bonds. The van der Waals surface area contributed by atoms with Gasteiger partial charge in [0.1, 0.15) is 0 Å². The molecule has 0 N–H and O–H groups in total. The van der Waals surface area contributed by atoms with Gasteiger partial charge in [-0.3, -0.25) is 9.79 Å². The molecule has 0 unspecified atom stereocenters. The van der Waals surface area contributed by atoms with Crippen LogP contribution in [0.2, 0.25) is 0 Å². The highest BCUT2D eigenvalue weighted by atomic mass is 16.1. The van der Waals surface area contributed by atoms with Crippen LogP contribution in [-0.2, 0) is 4.79 Å². The molecule has 0 aromatic heterocycles. The fourth-order valence-corrected chi connectivity index (χ4v) is 1.51. The van der Waals surface area contributed by atoms with Gasteiger partial charge in [0.25, 0.3) is 0 Å². The number of aliphatic imine (C=N–C) groups is 1. The van der Waals surface area contributed by atoms with Gasteiger partial charge in [-0.25, -0.2) is 0 Å². The SMILES string of the molecule is CN=C(/C(C)=C(\C)C(C)=O)C(C)(C)C. The highest BCUT2D eigenvalue weighted by Crippen LogP contribution is 2.23. The van der Waals surface area contributed by atoms with Crippen LogP contribution < -0.4 is 0 Å². The molecule has 2 nitrogen and oxygen atoms in total. The van der Waals surface area contributed by atoms with E-state index in [2.05, 4.69) is 25.8 Å². The molecule has 0 aromatic rings. The van der Waals surface area contributed by atoms with E-state index in [1.807, 2.05) is 13.8 Å². The Hall–Kier alpha value is -0.920. The summed E-state index contributed by atoms with van der Waals surface area (Å²) in [5, 5.41) is 0. The van der Waals surface area contributed by atoms with E-state index >= 15 is 0 Å². The third kappa shape index (κ3) is 3.09. The molecule has 80 valence electrons. The van der Waals surface area contributed by atoms with Crippen molar-refractivity contribution < 1.29 is 4.79 Å². The first-order valence-corrected chi connectivity index (χ1v) is 4.87. The summed E-state index contributed by atoms with van der Waals surface area (Å²) >= 11 is 0. The Morgan fingerprint density at radius 3 is 1.64 bits per heavy atom. The quantitative estimate of drug-likeness (QED) is 0.492. The third-order valence-corrected chi connectivity index (χ3v) is 2.38. The molecule has 0 bridgehead atoms. The molecule has 0 radical (unpaired) electrons. The monoisotopic (exact) mass is 195 g/mol. The number of hydrogen-bond acceptors (Lipinski definition) is 2. The largest absolute Gasteiger partial charge is 0.295 e. The van der Waals surface area contributed by atoms with E-state index in [-0.39, 0.29) is 11.2 Å². The molecular weight excluding hydrogens is 174 g/mol. The Balaban J connectivity index is 5.31. The first-order chi connectivity index (χ1) is 6.21. The van der Waals surface area contributed by atoms with Crippen molar-refractivity contribution in [2.75, 3.05) is 7.05 Å². The van der Waals surface area contributed by atoms with Crippen molar-refractivity contribution in [3.8, 4) is 0 Å². The van der Waals surface area contributed by atoms with Crippen LogP contribution in [-0.4, -0.2) is 18.5 Å². The molecule has 0 saturated carbocycles. The average Bonchev–Trinajstić information content (AvgIpc) is 2.01. The molecule has 0 spiro atoms. The van der Waals surface area contributed by atoms with Crippen molar-refractivity contribution >= 4 is 11.5 Å². The molecule has 2 heteroatoms. The Labute approximate surface area is 87.1 Å². The van der Waals surface area contributed by atoms with Crippen molar-refractivity contribution in [1.82, 2.24) is 0 Å².